The van der Waals surface area contributed by atoms with E-state index in [0.717, 1.165) is 10.4 Å². The molecule has 0 aliphatic heterocycles. The summed E-state index contributed by atoms with van der Waals surface area (Å²) in [4.78, 5) is 21.1. The number of imidazole rings is 1. The molecule has 136 valence electrons. The first-order valence-electron chi connectivity index (χ1n) is 8.40. The molecule has 0 fully saturated rings. The Morgan fingerprint density at radius 2 is 2.00 bits per heavy atom. The number of H-pyrrole nitrogens is 1. The number of fused-ring (bicyclic) bond motifs is 1. The number of phenolic OH excluding ortho intramolecular Hbond substituents is 1. The van der Waals surface area contributed by atoms with E-state index in [2.05, 4.69) is 15.3 Å². The van der Waals surface area contributed by atoms with E-state index < -0.39 is 0 Å². The van der Waals surface area contributed by atoms with Gasteiger partial charge in [0, 0.05) is 6.54 Å². The lowest BCUT2D eigenvalue weighted by Gasteiger charge is -2.06. The van der Waals surface area contributed by atoms with Crippen molar-refractivity contribution in [3.8, 4) is 16.5 Å². The summed E-state index contributed by atoms with van der Waals surface area (Å²) in [6, 6.07) is 13.1. The van der Waals surface area contributed by atoms with Crippen LogP contribution >= 0.6 is 11.3 Å². The molecule has 0 saturated heterocycles. The third-order valence-electron chi connectivity index (χ3n) is 4.23. The van der Waals surface area contributed by atoms with Crippen LogP contribution in [0.3, 0.4) is 0 Å². The van der Waals surface area contributed by atoms with E-state index in [1.165, 1.54) is 29.5 Å². The number of nitrogens with one attached hydrogen (secondary N) is 2. The lowest BCUT2D eigenvalue weighted by Crippen LogP contribution is -2.25. The third-order valence-corrected chi connectivity index (χ3v) is 5.11. The van der Waals surface area contributed by atoms with E-state index >= 15 is 0 Å². The molecular weight excluding hydrogens is 365 g/mol. The van der Waals surface area contributed by atoms with Crippen LogP contribution in [0, 0.1) is 5.82 Å². The van der Waals surface area contributed by atoms with Crippen LogP contribution < -0.4 is 5.32 Å². The van der Waals surface area contributed by atoms with E-state index in [1.54, 1.807) is 18.2 Å². The molecule has 0 saturated carbocycles. The largest absolute Gasteiger partial charge is 0.506 e. The molecule has 1 amide bonds. The van der Waals surface area contributed by atoms with Gasteiger partial charge in [-0.05, 0) is 47.7 Å². The number of hydrogen-bond donors (Lipinski definition) is 3. The third kappa shape index (κ3) is 3.54. The molecule has 3 N–H and O–H groups in total. The second-order valence-electron chi connectivity index (χ2n) is 6.05. The molecule has 0 unspecified atom stereocenters. The zero-order valence-electron chi connectivity index (χ0n) is 14.2. The van der Waals surface area contributed by atoms with Crippen LogP contribution in [0.1, 0.15) is 15.9 Å². The molecule has 4 aromatic rings. The molecule has 4 rings (SSSR count). The van der Waals surface area contributed by atoms with Crippen molar-refractivity contribution >= 4 is 28.3 Å². The number of benzene rings is 2. The van der Waals surface area contributed by atoms with E-state index in [1.807, 2.05) is 17.5 Å². The van der Waals surface area contributed by atoms with Gasteiger partial charge in [0.1, 0.15) is 28.4 Å². The molecule has 0 aliphatic rings. The quantitative estimate of drug-likeness (QED) is 0.487. The SMILES string of the molecule is O=C(NCCc1ccc(F)cc1)c1ccc(O)c2[nH]c(-c3cccs3)nc12. The Morgan fingerprint density at radius 1 is 1.19 bits per heavy atom. The predicted octanol–water partition coefficient (Wildman–Crippen LogP) is 4.11. The Morgan fingerprint density at radius 3 is 2.74 bits per heavy atom. The lowest BCUT2D eigenvalue weighted by atomic mass is 10.1. The zero-order valence-corrected chi connectivity index (χ0v) is 15.0. The minimum absolute atomic E-state index is 0.0446. The van der Waals surface area contributed by atoms with Crippen LogP contribution in [-0.2, 0) is 6.42 Å². The Bertz CT molecular complexity index is 1090. The fourth-order valence-electron chi connectivity index (χ4n) is 2.86. The summed E-state index contributed by atoms with van der Waals surface area (Å²) < 4.78 is 12.9. The molecule has 2 aromatic heterocycles. The van der Waals surface area contributed by atoms with Crippen LogP contribution in [0.5, 0.6) is 5.75 Å². The second kappa shape index (κ2) is 7.20. The number of amides is 1. The molecular formula is C20H16FN3O2S. The molecule has 0 bridgehead atoms. The molecule has 27 heavy (non-hydrogen) atoms. The summed E-state index contributed by atoms with van der Waals surface area (Å²) in [6.07, 6.45) is 0.592. The summed E-state index contributed by atoms with van der Waals surface area (Å²) in [5.74, 6) is 0.103. The van der Waals surface area contributed by atoms with Crippen molar-refractivity contribution in [1.82, 2.24) is 15.3 Å². The number of nitrogens with zero attached hydrogens (tertiary/aromatic N) is 1. The summed E-state index contributed by atoms with van der Waals surface area (Å²) in [5.41, 5.74) is 2.19. The van der Waals surface area contributed by atoms with Gasteiger partial charge >= 0.3 is 0 Å². The Labute approximate surface area is 158 Å². The number of rotatable bonds is 5. The van der Waals surface area contributed by atoms with Crippen molar-refractivity contribution in [1.29, 1.82) is 0 Å². The molecule has 0 aliphatic carbocycles. The minimum atomic E-state index is -0.283. The van der Waals surface area contributed by atoms with Crippen molar-refractivity contribution in [3.05, 3.63) is 70.9 Å². The Balaban J connectivity index is 1.54. The van der Waals surface area contributed by atoms with E-state index in [9.17, 15) is 14.3 Å². The molecule has 2 aromatic carbocycles. The van der Waals surface area contributed by atoms with Crippen molar-refractivity contribution < 1.29 is 14.3 Å². The fourth-order valence-corrected chi connectivity index (χ4v) is 3.53. The first kappa shape index (κ1) is 17.2. The van der Waals surface area contributed by atoms with Crippen LogP contribution in [-0.4, -0.2) is 27.5 Å². The second-order valence-corrected chi connectivity index (χ2v) is 7.00. The highest BCUT2D eigenvalue weighted by Gasteiger charge is 2.17. The van der Waals surface area contributed by atoms with Crippen molar-refractivity contribution in [2.75, 3.05) is 6.54 Å². The number of hydrogen-bond acceptors (Lipinski definition) is 4. The molecule has 0 radical (unpaired) electrons. The van der Waals surface area contributed by atoms with Crippen LogP contribution in [0.2, 0.25) is 0 Å². The van der Waals surface area contributed by atoms with Gasteiger partial charge in [-0.3, -0.25) is 4.79 Å². The molecule has 5 nitrogen and oxygen atoms in total. The maximum atomic E-state index is 12.9. The van der Waals surface area contributed by atoms with Gasteiger partial charge in [-0.15, -0.1) is 11.3 Å². The number of aromatic nitrogens is 2. The monoisotopic (exact) mass is 381 g/mol. The molecule has 0 atom stereocenters. The molecule has 0 spiro atoms. The van der Waals surface area contributed by atoms with Crippen molar-refractivity contribution in [3.63, 3.8) is 0 Å². The van der Waals surface area contributed by atoms with Crippen LogP contribution in [0.15, 0.2) is 53.9 Å². The number of carbonyl (C=O) groups is 1. The van der Waals surface area contributed by atoms with E-state index in [4.69, 9.17) is 0 Å². The van der Waals surface area contributed by atoms with Gasteiger partial charge < -0.3 is 15.4 Å². The minimum Gasteiger partial charge on any atom is -0.506 e. The average Bonchev–Trinajstić information content (AvgIpc) is 3.33. The zero-order chi connectivity index (χ0) is 18.8. The van der Waals surface area contributed by atoms with Gasteiger partial charge in [0.25, 0.3) is 5.91 Å². The maximum absolute atomic E-state index is 12.9. The Kier molecular flexibility index (Phi) is 4.60. The molecule has 2 heterocycles. The number of thiophene rings is 1. The number of phenols is 1. The summed E-state index contributed by atoms with van der Waals surface area (Å²) in [5, 5.41) is 14.9. The summed E-state index contributed by atoms with van der Waals surface area (Å²) in [7, 11) is 0. The standard InChI is InChI=1S/C20H16FN3O2S/c21-13-5-3-12(4-6-13)9-10-22-20(26)14-7-8-15(25)18-17(14)23-19(24-18)16-2-1-11-27-16/h1-8,11,25H,9-10H2,(H,22,26)(H,23,24). The number of aromatic amines is 1. The van der Waals surface area contributed by atoms with E-state index in [-0.39, 0.29) is 17.5 Å². The summed E-state index contributed by atoms with van der Waals surface area (Å²) >= 11 is 1.52. The number of halogens is 1. The van der Waals surface area contributed by atoms with E-state index in [0.29, 0.717) is 35.4 Å². The first-order valence-corrected chi connectivity index (χ1v) is 9.28. The number of carbonyl (C=O) groups excluding carboxylic acids is 1. The van der Waals surface area contributed by atoms with Crippen LogP contribution in [0.25, 0.3) is 21.7 Å². The number of aromatic hydroxyl groups is 1. The first-order chi connectivity index (χ1) is 13.1. The molecule has 7 heteroatoms. The van der Waals surface area contributed by atoms with Gasteiger partial charge in [0.2, 0.25) is 0 Å². The highest BCUT2D eigenvalue weighted by Crippen LogP contribution is 2.30. The maximum Gasteiger partial charge on any atom is 0.253 e. The van der Waals surface area contributed by atoms with Crippen LogP contribution in [0.4, 0.5) is 4.39 Å². The topological polar surface area (TPSA) is 78.0 Å². The van der Waals surface area contributed by atoms with Gasteiger partial charge in [-0.25, -0.2) is 9.37 Å². The van der Waals surface area contributed by atoms with Crippen molar-refractivity contribution in [2.45, 2.75) is 6.42 Å². The van der Waals surface area contributed by atoms with Gasteiger partial charge in [0.15, 0.2) is 0 Å². The fraction of sp³-hybridized carbons (Fsp3) is 0.100. The van der Waals surface area contributed by atoms with Gasteiger partial charge in [-0.2, -0.15) is 0 Å². The smallest absolute Gasteiger partial charge is 0.253 e. The normalized spacial score (nSPS) is 11.0. The van der Waals surface area contributed by atoms with Crippen molar-refractivity contribution in [2.24, 2.45) is 0 Å². The highest BCUT2D eigenvalue weighted by atomic mass is 32.1. The predicted molar refractivity (Wildman–Crippen MR) is 104 cm³/mol. The summed E-state index contributed by atoms with van der Waals surface area (Å²) in [6.45, 7) is 0.412. The average molecular weight is 381 g/mol. The lowest BCUT2D eigenvalue weighted by molar-refractivity contribution is 0.0955. The van der Waals surface area contributed by atoms with Gasteiger partial charge in [0.05, 0.1) is 10.4 Å². The van der Waals surface area contributed by atoms with Gasteiger partial charge in [-0.1, -0.05) is 18.2 Å². The highest BCUT2D eigenvalue weighted by molar-refractivity contribution is 7.13. The Hall–Kier alpha value is -3.19.